The van der Waals surface area contributed by atoms with Crippen LogP contribution in [-0.2, 0) is 6.42 Å². The predicted octanol–water partition coefficient (Wildman–Crippen LogP) is 4.65. The van der Waals surface area contributed by atoms with Gasteiger partial charge in [0.05, 0.1) is 11.3 Å². The van der Waals surface area contributed by atoms with Gasteiger partial charge >= 0.3 is 0 Å². The zero-order valence-corrected chi connectivity index (χ0v) is 22.7. The third-order valence-electron chi connectivity index (χ3n) is 7.30. The van der Waals surface area contributed by atoms with Gasteiger partial charge in [-0.25, -0.2) is 15.0 Å². The van der Waals surface area contributed by atoms with Crippen molar-refractivity contribution in [2.24, 2.45) is 0 Å². The van der Waals surface area contributed by atoms with Crippen molar-refractivity contribution in [3.8, 4) is 11.1 Å². The monoisotopic (exact) mass is 498 g/mol. The van der Waals surface area contributed by atoms with E-state index in [1.165, 1.54) is 22.3 Å². The molecule has 0 aliphatic carbocycles. The van der Waals surface area contributed by atoms with Gasteiger partial charge in [-0.3, -0.25) is 0 Å². The summed E-state index contributed by atoms with van der Waals surface area (Å²) in [5, 5.41) is 12.3. The van der Waals surface area contributed by atoms with E-state index < -0.39 is 0 Å². The molecule has 194 valence electrons. The molecule has 5 rings (SSSR count). The summed E-state index contributed by atoms with van der Waals surface area (Å²) < 4.78 is 1.99. The van der Waals surface area contributed by atoms with Gasteiger partial charge in [0, 0.05) is 56.4 Å². The zero-order valence-electron chi connectivity index (χ0n) is 22.7. The lowest BCUT2D eigenvalue weighted by Gasteiger charge is -2.32. The number of hydrogen-bond donors (Lipinski definition) is 2. The van der Waals surface area contributed by atoms with Crippen LogP contribution < -0.4 is 15.5 Å². The molecule has 0 atom stereocenters. The summed E-state index contributed by atoms with van der Waals surface area (Å²) >= 11 is 0. The van der Waals surface area contributed by atoms with Gasteiger partial charge in [-0.05, 0) is 69.7 Å². The Kier molecular flexibility index (Phi) is 7.37. The van der Waals surface area contributed by atoms with Crippen LogP contribution in [0.5, 0.6) is 0 Å². The molecule has 1 saturated heterocycles. The molecule has 8 nitrogen and oxygen atoms in total. The number of aromatic nitrogens is 5. The highest BCUT2D eigenvalue weighted by molar-refractivity contribution is 5.85. The number of fused-ring (bicyclic) bond motifs is 1. The van der Waals surface area contributed by atoms with Gasteiger partial charge in [0.15, 0.2) is 5.65 Å². The third kappa shape index (κ3) is 5.30. The zero-order chi connectivity index (χ0) is 25.9. The van der Waals surface area contributed by atoms with Crippen LogP contribution in [0.4, 0.5) is 11.8 Å². The van der Waals surface area contributed by atoms with Gasteiger partial charge in [-0.15, -0.1) is 0 Å². The van der Waals surface area contributed by atoms with Crippen LogP contribution in [0.15, 0.2) is 36.7 Å². The molecule has 8 heteroatoms. The first-order chi connectivity index (χ1) is 17.9. The van der Waals surface area contributed by atoms with Gasteiger partial charge in [0.25, 0.3) is 0 Å². The summed E-state index contributed by atoms with van der Waals surface area (Å²) in [5.74, 6) is 1.83. The van der Waals surface area contributed by atoms with Crippen molar-refractivity contribution in [1.82, 2.24) is 29.9 Å². The minimum absolute atomic E-state index is 0.511. The highest BCUT2D eigenvalue weighted by Gasteiger charge is 2.21. The van der Waals surface area contributed by atoms with Crippen LogP contribution in [0.2, 0.25) is 0 Å². The molecular weight excluding hydrogens is 460 g/mol. The lowest BCUT2D eigenvalue weighted by atomic mass is 9.94. The molecule has 4 aromatic rings. The first-order valence-corrected chi connectivity index (χ1v) is 13.4. The molecule has 0 spiro atoms. The van der Waals surface area contributed by atoms with Crippen molar-refractivity contribution in [2.45, 2.75) is 59.9 Å². The van der Waals surface area contributed by atoms with E-state index >= 15 is 0 Å². The summed E-state index contributed by atoms with van der Waals surface area (Å²) in [6, 6.07) is 9.00. The van der Waals surface area contributed by atoms with Gasteiger partial charge < -0.3 is 15.5 Å². The fourth-order valence-corrected chi connectivity index (χ4v) is 5.55. The Labute approximate surface area is 219 Å². The fraction of sp³-hybridized carbons (Fsp3) is 0.448. The van der Waals surface area contributed by atoms with Crippen molar-refractivity contribution < 1.29 is 0 Å². The molecule has 4 heterocycles. The third-order valence-corrected chi connectivity index (χ3v) is 7.30. The Bertz CT molecular complexity index is 1350. The minimum atomic E-state index is 0.511. The molecule has 1 aliphatic heterocycles. The number of piperidine rings is 1. The summed E-state index contributed by atoms with van der Waals surface area (Å²) in [7, 11) is 0. The summed E-state index contributed by atoms with van der Waals surface area (Å²) in [6.45, 7) is 14.4. The fourth-order valence-electron chi connectivity index (χ4n) is 5.55. The second-order valence-electron chi connectivity index (χ2n) is 10.1. The summed E-state index contributed by atoms with van der Waals surface area (Å²) in [6.07, 6.45) is 6.68. The molecule has 1 aliphatic rings. The van der Waals surface area contributed by atoms with E-state index in [9.17, 15) is 0 Å². The van der Waals surface area contributed by atoms with Crippen LogP contribution in [0.1, 0.15) is 47.8 Å². The van der Waals surface area contributed by atoms with Crippen molar-refractivity contribution in [2.75, 3.05) is 36.4 Å². The molecule has 3 aromatic heterocycles. The quantitative estimate of drug-likeness (QED) is 0.342. The molecule has 0 bridgehead atoms. The lowest BCUT2D eigenvalue weighted by molar-refractivity contribution is 0.418. The number of aryl methyl sites for hydroxylation is 5. The van der Waals surface area contributed by atoms with E-state index in [-0.39, 0.29) is 0 Å². The normalized spacial score (nSPS) is 14.5. The molecule has 0 radical (unpaired) electrons. The Morgan fingerprint density at radius 3 is 2.30 bits per heavy atom. The Morgan fingerprint density at radius 2 is 1.62 bits per heavy atom. The standard InChI is InChI=1S/C29H38N8/c1-6-23-18-25(31-13-12-30-24-8-14-36(15-9-24)29-32-10-7-11-33-29)37-28(34-23)27(22(5)35-37)26-20(3)16-19(2)17-21(26)4/h7,10-11,16-18,24,30-31H,6,8-9,12-15H2,1-5H3. The summed E-state index contributed by atoms with van der Waals surface area (Å²) in [4.78, 5) is 16.1. The average Bonchev–Trinajstić information content (AvgIpc) is 3.22. The Balaban J connectivity index is 1.27. The maximum atomic E-state index is 5.02. The van der Waals surface area contributed by atoms with Crippen molar-refractivity contribution in [3.63, 3.8) is 0 Å². The maximum absolute atomic E-state index is 5.02. The second kappa shape index (κ2) is 10.8. The summed E-state index contributed by atoms with van der Waals surface area (Å²) in [5.41, 5.74) is 9.21. The van der Waals surface area contributed by atoms with Gasteiger partial charge in [0.1, 0.15) is 5.82 Å². The number of nitrogens with zero attached hydrogens (tertiary/aromatic N) is 6. The largest absolute Gasteiger partial charge is 0.369 e. The number of nitrogens with one attached hydrogen (secondary N) is 2. The maximum Gasteiger partial charge on any atom is 0.225 e. The predicted molar refractivity (Wildman–Crippen MR) is 151 cm³/mol. The van der Waals surface area contributed by atoms with Crippen LogP contribution in [0, 0.1) is 27.7 Å². The number of anilines is 2. The van der Waals surface area contributed by atoms with E-state index in [0.717, 1.165) is 79.8 Å². The molecular formula is C29H38N8. The molecule has 0 unspecified atom stereocenters. The van der Waals surface area contributed by atoms with E-state index in [0.29, 0.717) is 6.04 Å². The molecule has 2 N–H and O–H groups in total. The molecule has 0 saturated carbocycles. The first-order valence-electron chi connectivity index (χ1n) is 13.4. The van der Waals surface area contributed by atoms with Crippen LogP contribution in [0.25, 0.3) is 16.8 Å². The van der Waals surface area contributed by atoms with Gasteiger partial charge in [-0.1, -0.05) is 24.6 Å². The Hall–Kier alpha value is -3.52. The number of rotatable bonds is 8. The van der Waals surface area contributed by atoms with Crippen molar-refractivity contribution in [3.05, 3.63) is 64.7 Å². The lowest BCUT2D eigenvalue weighted by Crippen LogP contribution is -2.44. The second-order valence-corrected chi connectivity index (χ2v) is 10.1. The molecule has 37 heavy (non-hydrogen) atoms. The van der Waals surface area contributed by atoms with Crippen molar-refractivity contribution in [1.29, 1.82) is 0 Å². The van der Waals surface area contributed by atoms with E-state index in [1.807, 2.05) is 23.0 Å². The van der Waals surface area contributed by atoms with E-state index in [2.05, 4.69) is 78.3 Å². The number of benzene rings is 1. The average molecular weight is 499 g/mol. The molecule has 0 amide bonds. The van der Waals surface area contributed by atoms with Crippen LogP contribution in [-0.4, -0.2) is 56.8 Å². The molecule has 1 fully saturated rings. The van der Waals surface area contributed by atoms with Crippen molar-refractivity contribution >= 4 is 17.4 Å². The SMILES string of the molecule is CCc1cc(NCCNC2CCN(c3ncccn3)CC2)n2nc(C)c(-c3c(C)cc(C)cc3C)c2n1. The smallest absolute Gasteiger partial charge is 0.225 e. The van der Waals surface area contributed by atoms with Crippen LogP contribution >= 0.6 is 0 Å². The first kappa shape index (κ1) is 25.1. The van der Waals surface area contributed by atoms with Crippen LogP contribution in [0.3, 0.4) is 0 Å². The number of hydrogen-bond acceptors (Lipinski definition) is 7. The highest BCUT2D eigenvalue weighted by atomic mass is 15.3. The van der Waals surface area contributed by atoms with Gasteiger partial charge in [-0.2, -0.15) is 9.61 Å². The van der Waals surface area contributed by atoms with E-state index in [1.54, 1.807) is 0 Å². The highest BCUT2D eigenvalue weighted by Crippen LogP contribution is 2.34. The molecule has 1 aromatic carbocycles. The van der Waals surface area contributed by atoms with Gasteiger partial charge in [0.2, 0.25) is 5.95 Å². The topological polar surface area (TPSA) is 83.3 Å². The minimum Gasteiger partial charge on any atom is -0.369 e. The Morgan fingerprint density at radius 1 is 0.919 bits per heavy atom. The van der Waals surface area contributed by atoms with E-state index in [4.69, 9.17) is 10.1 Å².